The van der Waals surface area contributed by atoms with E-state index in [4.69, 9.17) is 6.42 Å². The second kappa shape index (κ2) is 3.53. The Morgan fingerprint density at radius 1 is 1.31 bits per heavy atom. The van der Waals surface area contributed by atoms with Crippen LogP contribution in [0.15, 0.2) is 6.07 Å². The molecule has 0 amide bonds. The Morgan fingerprint density at radius 2 is 1.92 bits per heavy atom. The van der Waals surface area contributed by atoms with Crippen molar-refractivity contribution in [2.24, 2.45) is 0 Å². The summed E-state index contributed by atoms with van der Waals surface area (Å²) in [5.74, 6) is 2.97. The summed E-state index contributed by atoms with van der Waals surface area (Å²) in [6, 6.07) is 1.97. The molecular formula is C12H14O. The van der Waals surface area contributed by atoms with Crippen LogP contribution >= 0.6 is 0 Å². The van der Waals surface area contributed by atoms with Gasteiger partial charge in [0.15, 0.2) is 0 Å². The lowest BCUT2D eigenvalue weighted by molar-refractivity contribution is 0.466. The summed E-state index contributed by atoms with van der Waals surface area (Å²) in [5, 5.41) is 9.67. The van der Waals surface area contributed by atoms with Crippen molar-refractivity contribution in [2.45, 2.75) is 27.2 Å². The van der Waals surface area contributed by atoms with E-state index in [1.54, 1.807) is 0 Å². The van der Waals surface area contributed by atoms with E-state index in [9.17, 15) is 5.11 Å². The van der Waals surface area contributed by atoms with E-state index in [-0.39, 0.29) is 0 Å². The summed E-state index contributed by atoms with van der Waals surface area (Å²) in [6.45, 7) is 5.82. The fraction of sp³-hybridized carbons (Fsp3) is 0.333. The molecule has 0 atom stereocenters. The second-order valence-corrected chi connectivity index (χ2v) is 3.34. The van der Waals surface area contributed by atoms with Crippen molar-refractivity contribution in [3.05, 3.63) is 28.3 Å². The standard InChI is InChI=1S/C12H14O/c1-5-6-11-8(2)7-9(3)12(13)10(11)4/h1,7,13H,6H2,2-4H3. The molecule has 0 aliphatic rings. The fourth-order valence-electron chi connectivity index (χ4n) is 1.59. The summed E-state index contributed by atoms with van der Waals surface area (Å²) in [5.41, 5.74) is 4.06. The lowest BCUT2D eigenvalue weighted by Gasteiger charge is -2.11. The molecule has 0 spiro atoms. The van der Waals surface area contributed by atoms with Crippen molar-refractivity contribution in [3.63, 3.8) is 0 Å². The lowest BCUT2D eigenvalue weighted by Crippen LogP contribution is -1.94. The maximum absolute atomic E-state index is 9.67. The maximum atomic E-state index is 9.67. The van der Waals surface area contributed by atoms with Gasteiger partial charge in [-0.05, 0) is 43.0 Å². The predicted octanol–water partition coefficient (Wildman–Crippen LogP) is 2.49. The first-order valence-electron chi connectivity index (χ1n) is 4.30. The highest BCUT2D eigenvalue weighted by Gasteiger charge is 2.08. The number of aromatic hydroxyl groups is 1. The number of hydrogen-bond donors (Lipinski definition) is 1. The van der Waals surface area contributed by atoms with Gasteiger partial charge in [0.1, 0.15) is 5.75 Å². The third-order valence-corrected chi connectivity index (χ3v) is 2.37. The van der Waals surface area contributed by atoms with Crippen molar-refractivity contribution >= 4 is 0 Å². The Morgan fingerprint density at radius 3 is 2.46 bits per heavy atom. The van der Waals surface area contributed by atoms with Crippen molar-refractivity contribution < 1.29 is 5.11 Å². The molecule has 0 aliphatic heterocycles. The van der Waals surface area contributed by atoms with Crippen molar-refractivity contribution in [2.75, 3.05) is 0 Å². The Kier molecular flexibility index (Phi) is 2.63. The van der Waals surface area contributed by atoms with E-state index in [0.717, 1.165) is 22.3 Å². The van der Waals surface area contributed by atoms with Crippen LogP contribution in [0.4, 0.5) is 0 Å². The average Bonchev–Trinajstić information content (AvgIpc) is 2.09. The molecule has 0 heterocycles. The molecule has 0 aliphatic carbocycles. The molecule has 0 saturated heterocycles. The van der Waals surface area contributed by atoms with E-state index in [0.29, 0.717) is 12.2 Å². The van der Waals surface area contributed by atoms with Gasteiger partial charge in [0.2, 0.25) is 0 Å². The quantitative estimate of drug-likeness (QED) is 0.648. The second-order valence-electron chi connectivity index (χ2n) is 3.34. The normalized spacial score (nSPS) is 9.69. The molecule has 0 unspecified atom stereocenters. The fourth-order valence-corrected chi connectivity index (χ4v) is 1.59. The number of terminal acetylenes is 1. The number of benzene rings is 1. The van der Waals surface area contributed by atoms with Crippen molar-refractivity contribution in [1.29, 1.82) is 0 Å². The van der Waals surface area contributed by atoms with Gasteiger partial charge in [-0.2, -0.15) is 0 Å². The first-order valence-corrected chi connectivity index (χ1v) is 4.30. The largest absolute Gasteiger partial charge is 0.507 e. The highest BCUT2D eigenvalue weighted by atomic mass is 16.3. The highest BCUT2D eigenvalue weighted by molar-refractivity contribution is 5.49. The number of rotatable bonds is 1. The Balaban J connectivity index is 3.36. The molecule has 0 radical (unpaired) electrons. The predicted molar refractivity (Wildman–Crippen MR) is 54.9 cm³/mol. The van der Waals surface area contributed by atoms with Crippen LogP contribution in [0.2, 0.25) is 0 Å². The van der Waals surface area contributed by atoms with Crippen LogP contribution in [-0.4, -0.2) is 5.11 Å². The maximum Gasteiger partial charge on any atom is 0.121 e. The van der Waals surface area contributed by atoms with Gasteiger partial charge >= 0.3 is 0 Å². The molecule has 1 aromatic rings. The molecule has 1 aromatic carbocycles. The van der Waals surface area contributed by atoms with Gasteiger partial charge in [-0.15, -0.1) is 12.3 Å². The highest BCUT2D eigenvalue weighted by Crippen LogP contribution is 2.27. The van der Waals surface area contributed by atoms with E-state index in [2.05, 4.69) is 5.92 Å². The van der Waals surface area contributed by atoms with Crippen LogP contribution in [0.1, 0.15) is 22.3 Å². The number of aryl methyl sites for hydroxylation is 2. The molecule has 1 heteroatoms. The first-order chi connectivity index (χ1) is 6.07. The van der Waals surface area contributed by atoms with Crippen LogP contribution in [0, 0.1) is 33.1 Å². The average molecular weight is 174 g/mol. The van der Waals surface area contributed by atoms with Crippen molar-refractivity contribution in [1.82, 2.24) is 0 Å². The Hall–Kier alpha value is -1.42. The number of hydrogen-bond acceptors (Lipinski definition) is 1. The van der Waals surface area contributed by atoms with Gasteiger partial charge < -0.3 is 5.11 Å². The molecule has 0 bridgehead atoms. The van der Waals surface area contributed by atoms with Crippen LogP contribution in [0.25, 0.3) is 0 Å². The topological polar surface area (TPSA) is 20.2 Å². The zero-order valence-electron chi connectivity index (χ0n) is 8.31. The van der Waals surface area contributed by atoms with Crippen LogP contribution in [-0.2, 0) is 6.42 Å². The Labute approximate surface area is 79.4 Å². The summed E-state index contributed by atoms with van der Waals surface area (Å²) in [4.78, 5) is 0. The molecule has 1 nitrogen and oxygen atoms in total. The van der Waals surface area contributed by atoms with Crippen LogP contribution in [0.5, 0.6) is 5.75 Å². The van der Waals surface area contributed by atoms with Gasteiger partial charge in [-0.25, -0.2) is 0 Å². The molecule has 0 fully saturated rings. The third kappa shape index (κ3) is 1.67. The summed E-state index contributed by atoms with van der Waals surface area (Å²) in [6.07, 6.45) is 5.84. The Bertz CT molecular complexity index is 370. The molecular weight excluding hydrogens is 160 g/mol. The van der Waals surface area contributed by atoms with Crippen LogP contribution < -0.4 is 0 Å². The molecule has 68 valence electrons. The SMILES string of the molecule is C#CCc1c(C)cc(C)c(O)c1C. The molecule has 1 N–H and O–H groups in total. The van der Waals surface area contributed by atoms with Gasteiger partial charge in [-0.1, -0.05) is 6.07 Å². The first kappa shape index (κ1) is 9.67. The van der Waals surface area contributed by atoms with Gasteiger partial charge in [-0.3, -0.25) is 0 Å². The van der Waals surface area contributed by atoms with E-state index < -0.39 is 0 Å². The molecule has 1 rings (SSSR count). The van der Waals surface area contributed by atoms with Gasteiger partial charge in [0.05, 0.1) is 0 Å². The molecule has 0 aromatic heterocycles. The minimum Gasteiger partial charge on any atom is -0.507 e. The number of phenols is 1. The molecule has 0 saturated carbocycles. The van der Waals surface area contributed by atoms with Gasteiger partial charge in [0.25, 0.3) is 0 Å². The monoisotopic (exact) mass is 174 g/mol. The minimum absolute atomic E-state index is 0.371. The zero-order valence-corrected chi connectivity index (χ0v) is 8.31. The minimum atomic E-state index is 0.371. The van der Waals surface area contributed by atoms with E-state index in [1.807, 2.05) is 26.8 Å². The van der Waals surface area contributed by atoms with E-state index >= 15 is 0 Å². The summed E-state index contributed by atoms with van der Waals surface area (Å²) in [7, 11) is 0. The van der Waals surface area contributed by atoms with Crippen molar-refractivity contribution in [3.8, 4) is 18.1 Å². The smallest absolute Gasteiger partial charge is 0.121 e. The lowest BCUT2D eigenvalue weighted by atomic mass is 9.96. The van der Waals surface area contributed by atoms with Crippen LogP contribution in [0.3, 0.4) is 0 Å². The zero-order chi connectivity index (χ0) is 10.0. The molecule has 13 heavy (non-hydrogen) atoms. The number of phenolic OH excluding ortho intramolecular Hbond substituents is 1. The third-order valence-electron chi connectivity index (χ3n) is 2.37. The summed E-state index contributed by atoms with van der Waals surface area (Å²) >= 11 is 0. The summed E-state index contributed by atoms with van der Waals surface area (Å²) < 4.78 is 0. The van der Waals surface area contributed by atoms with E-state index in [1.165, 1.54) is 0 Å². The van der Waals surface area contributed by atoms with Gasteiger partial charge in [0, 0.05) is 6.42 Å².